The molecule has 0 bridgehead atoms. The van der Waals surface area contributed by atoms with Crippen molar-refractivity contribution < 1.29 is 33.3 Å². The van der Waals surface area contributed by atoms with Crippen molar-refractivity contribution in [2.45, 2.75) is 19.5 Å². The van der Waals surface area contributed by atoms with Crippen molar-refractivity contribution in [1.29, 1.82) is 0 Å². The molecule has 1 aromatic heterocycles. The summed E-state index contributed by atoms with van der Waals surface area (Å²) >= 11 is 0. The van der Waals surface area contributed by atoms with Crippen molar-refractivity contribution in [2.75, 3.05) is 20.3 Å². The van der Waals surface area contributed by atoms with Crippen LogP contribution in [0.25, 0.3) is 5.76 Å². The third-order valence-corrected chi connectivity index (χ3v) is 5.75. The Bertz CT molecular complexity index is 1280. The first-order valence-electron chi connectivity index (χ1n) is 11.4. The highest BCUT2D eigenvalue weighted by atomic mass is 16.5. The van der Waals surface area contributed by atoms with Gasteiger partial charge in [0.05, 0.1) is 38.1 Å². The molecule has 0 spiro atoms. The molecule has 1 fully saturated rings. The summed E-state index contributed by atoms with van der Waals surface area (Å²) in [7, 11) is 1.51. The van der Waals surface area contributed by atoms with Crippen LogP contribution < -0.4 is 14.2 Å². The number of aliphatic hydroxyl groups excluding tert-OH is 1. The zero-order valence-corrected chi connectivity index (χ0v) is 20.1. The summed E-state index contributed by atoms with van der Waals surface area (Å²) in [6, 6.07) is 14.3. The normalized spacial score (nSPS) is 16.7. The van der Waals surface area contributed by atoms with E-state index in [0.29, 0.717) is 47.3 Å². The summed E-state index contributed by atoms with van der Waals surface area (Å²) in [5.74, 6) is 0.244. The number of aliphatic hydroxyl groups is 1. The number of carbonyl (C=O) groups excluding carboxylic acids is 2. The van der Waals surface area contributed by atoms with Crippen molar-refractivity contribution in [1.82, 2.24) is 4.90 Å². The van der Waals surface area contributed by atoms with E-state index in [1.54, 1.807) is 60.7 Å². The number of furan rings is 1. The average molecular weight is 490 g/mol. The largest absolute Gasteiger partial charge is 0.507 e. The minimum absolute atomic E-state index is 0.0301. The molecule has 4 rings (SSSR count). The number of hydrogen-bond acceptors (Lipinski definition) is 7. The number of ketones is 1. The molecule has 2 heterocycles. The van der Waals surface area contributed by atoms with Crippen LogP contribution in [-0.2, 0) is 16.1 Å². The van der Waals surface area contributed by atoms with E-state index in [2.05, 4.69) is 6.58 Å². The van der Waals surface area contributed by atoms with Crippen LogP contribution in [0.15, 0.2) is 83.5 Å². The molecule has 1 unspecified atom stereocenters. The van der Waals surface area contributed by atoms with E-state index in [9.17, 15) is 14.7 Å². The highest BCUT2D eigenvalue weighted by Gasteiger charge is 2.46. The first-order valence-corrected chi connectivity index (χ1v) is 11.4. The van der Waals surface area contributed by atoms with Crippen LogP contribution in [0.4, 0.5) is 0 Å². The average Bonchev–Trinajstić information content (AvgIpc) is 3.50. The van der Waals surface area contributed by atoms with E-state index in [0.717, 1.165) is 0 Å². The van der Waals surface area contributed by atoms with E-state index in [1.165, 1.54) is 18.3 Å². The van der Waals surface area contributed by atoms with E-state index in [1.807, 2.05) is 6.92 Å². The number of methoxy groups -OCH3 is 1. The molecule has 1 saturated heterocycles. The van der Waals surface area contributed by atoms with Gasteiger partial charge in [0.1, 0.15) is 23.9 Å². The van der Waals surface area contributed by atoms with Gasteiger partial charge < -0.3 is 28.6 Å². The van der Waals surface area contributed by atoms with Gasteiger partial charge >= 0.3 is 0 Å². The van der Waals surface area contributed by atoms with E-state index >= 15 is 0 Å². The second-order valence-electron chi connectivity index (χ2n) is 7.97. The lowest BCUT2D eigenvalue weighted by Gasteiger charge is -2.25. The molecule has 36 heavy (non-hydrogen) atoms. The molecule has 0 radical (unpaired) electrons. The predicted octanol–water partition coefficient (Wildman–Crippen LogP) is 4.87. The lowest BCUT2D eigenvalue weighted by molar-refractivity contribution is -0.140. The topological polar surface area (TPSA) is 98.4 Å². The number of rotatable bonds is 10. The number of Topliss-reactive ketones (excluding diaryl/α,β-unsaturated/α-hetero) is 1. The molecule has 1 N–H and O–H groups in total. The zero-order chi connectivity index (χ0) is 25.7. The van der Waals surface area contributed by atoms with Crippen LogP contribution in [0.1, 0.15) is 29.9 Å². The molecule has 0 aliphatic carbocycles. The molecule has 1 amide bonds. The Kier molecular flexibility index (Phi) is 7.44. The van der Waals surface area contributed by atoms with E-state index in [-0.39, 0.29) is 17.9 Å². The maximum Gasteiger partial charge on any atom is 0.296 e. The Morgan fingerprint density at radius 3 is 2.53 bits per heavy atom. The molecular weight excluding hydrogens is 462 g/mol. The third-order valence-electron chi connectivity index (χ3n) is 5.75. The van der Waals surface area contributed by atoms with Gasteiger partial charge in [-0.25, -0.2) is 0 Å². The summed E-state index contributed by atoms with van der Waals surface area (Å²) in [6.07, 6.45) is 3.12. The van der Waals surface area contributed by atoms with E-state index < -0.39 is 17.7 Å². The summed E-state index contributed by atoms with van der Waals surface area (Å²) in [5.41, 5.74) is 0.922. The summed E-state index contributed by atoms with van der Waals surface area (Å²) < 4.78 is 22.0. The first kappa shape index (κ1) is 24.7. The van der Waals surface area contributed by atoms with Crippen LogP contribution in [0, 0.1) is 0 Å². The lowest BCUT2D eigenvalue weighted by atomic mass is 9.95. The van der Waals surface area contributed by atoms with Gasteiger partial charge in [-0.05, 0) is 61.0 Å². The van der Waals surface area contributed by atoms with Gasteiger partial charge in [0.25, 0.3) is 11.7 Å². The molecule has 1 atom stereocenters. The van der Waals surface area contributed by atoms with Crippen molar-refractivity contribution >= 4 is 17.4 Å². The molecule has 1 aliphatic heterocycles. The SMILES string of the molecule is C=CCOc1ccc(/C(O)=C2\C(=O)C(=O)N(Cc3ccco3)C2c2ccc(OCC)c(OC)c2)cc1. The molecular formula is C28H27NO7. The van der Waals surface area contributed by atoms with Gasteiger partial charge in [-0.15, -0.1) is 0 Å². The Labute approximate surface area is 209 Å². The van der Waals surface area contributed by atoms with Gasteiger partial charge in [-0.3, -0.25) is 9.59 Å². The number of nitrogens with zero attached hydrogens (tertiary/aromatic N) is 1. The molecule has 1 aliphatic rings. The maximum absolute atomic E-state index is 13.2. The number of carbonyl (C=O) groups is 2. The number of likely N-dealkylation sites (tertiary alicyclic amines) is 1. The van der Waals surface area contributed by atoms with Gasteiger partial charge in [0.15, 0.2) is 11.5 Å². The fourth-order valence-corrected chi connectivity index (χ4v) is 4.11. The smallest absolute Gasteiger partial charge is 0.296 e. The summed E-state index contributed by atoms with van der Waals surface area (Å²) in [6.45, 7) is 6.30. The fourth-order valence-electron chi connectivity index (χ4n) is 4.11. The number of amides is 1. The quantitative estimate of drug-likeness (QED) is 0.188. The van der Waals surface area contributed by atoms with Gasteiger partial charge in [0, 0.05) is 5.56 Å². The Hall–Kier alpha value is -4.46. The van der Waals surface area contributed by atoms with Gasteiger partial charge in [-0.2, -0.15) is 0 Å². The van der Waals surface area contributed by atoms with Crippen LogP contribution >= 0.6 is 0 Å². The van der Waals surface area contributed by atoms with Crippen LogP contribution in [-0.4, -0.2) is 42.0 Å². The second-order valence-corrected chi connectivity index (χ2v) is 7.97. The zero-order valence-electron chi connectivity index (χ0n) is 20.1. The molecule has 8 nitrogen and oxygen atoms in total. The Morgan fingerprint density at radius 2 is 1.89 bits per heavy atom. The molecule has 0 saturated carbocycles. The summed E-state index contributed by atoms with van der Waals surface area (Å²) in [4.78, 5) is 27.8. The van der Waals surface area contributed by atoms with Gasteiger partial charge in [-0.1, -0.05) is 18.7 Å². The lowest BCUT2D eigenvalue weighted by Crippen LogP contribution is -2.29. The first-order chi connectivity index (χ1) is 17.5. The fraction of sp³-hybridized carbons (Fsp3) is 0.214. The molecule has 3 aromatic rings. The number of ether oxygens (including phenoxy) is 3. The van der Waals surface area contributed by atoms with Crippen molar-refractivity contribution in [3.63, 3.8) is 0 Å². The molecule has 8 heteroatoms. The third kappa shape index (κ3) is 4.84. The van der Waals surface area contributed by atoms with Crippen LogP contribution in [0.2, 0.25) is 0 Å². The molecule has 186 valence electrons. The Balaban J connectivity index is 1.82. The van der Waals surface area contributed by atoms with E-state index in [4.69, 9.17) is 18.6 Å². The van der Waals surface area contributed by atoms with Crippen LogP contribution in [0.5, 0.6) is 17.2 Å². The van der Waals surface area contributed by atoms with Crippen molar-refractivity contribution in [3.05, 3.63) is 96.0 Å². The minimum Gasteiger partial charge on any atom is -0.507 e. The monoisotopic (exact) mass is 489 g/mol. The van der Waals surface area contributed by atoms with Crippen molar-refractivity contribution in [2.24, 2.45) is 0 Å². The molecule has 2 aromatic carbocycles. The highest BCUT2D eigenvalue weighted by molar-refractivity contribution is 6.46. The standard InChI is InChI=1S/C28H27NO7/c1-4-14-35-20-11-8-18(9-12-20)26(30)24-25(19-10-13-22(34-5-2)23(16-19)33-3)29(28(32)27(24)31)17-21-7-6-15-36-21/h4,6-13,15-16,25,30H,1,5,14,17H2,2-3H3/b26-24+. The highest BCUT2D eigenvalue weighted by Crippen LogP contribution is 2.42. The van der Waals surface area contributed by atoms with Gasteiger partial charge in [0.2, 0.25) is 0 Å². The number of benzene rings is 2. The van der Waals surface area contributed by atoms with Crippen molar-refractivity contribution in [3.8, 4) is 17.2 Å². The maximum atomic E-state index is 13.2. The van der Waals surface area contributed by atoms with Crippen LogP contribution in [0.3, 0.4) is 0 Å². The minimum atomic E-state index is -0.878. The number of hydrogen-bond donors (Lipinski definition) is 1. The summed E-state index contributed by atoms with van der Waals surface area (Å²) in [5, 5.41) is 11.3. The predicted molar refractivity (Wildman–Crippen MR) is 133 cm³/mol. The second kappa shape index (κ2) is 10.9. The Morgan fingerprint density at radius 1 is 1.11 bits per heavy atom.